The molecule has 0 saturated carbocycles. The summed E-state index contributed by atoms with van der Waals surface area (Å²) in [4.78, 5) is 7.69. The minimum absolute atomic E-state index is 0.644. The highest BCUT2D eigenvalue weighted by atomic mass is 16.5. The summed E-state index contributed by atoms with van der Waals surface area (Å²) in [5.74, 6) is 3.71. The van der Waals surface area contributed by atoms with Gasteiger partial charge < -0.3 is 27.9 Å². The Balaban J connectivity index is 0.000000462. The second-order valence-corrected chi connectivity index (χ2v) is 28.1. The van der Waals surface area contributed by atoms with Crippen molar-refractivity contribution in [1.82, 2.24) is 9.97 Å². The lowest BCUT2D eigenvalue weighted by atomic mass is 9.05. The maximum atomic E-state index is 7.10. The smallest absolute Gasteiger partial charge is 0.356 e. The van der Waals surface area contributed by atoms with Crippen molar-refractivity contribution in [1.29, 1.82) is 0 Å². The SMILES string of the molecule is CCCCOc1ccc2c3c4c5c(ccc(OCCCC)c5cc13)-c1c3c5c(c6ccccc16)-c1ccc(OCCCC)c6cc7c(OCCCC)ccc8c7c(c16)[B-]5([n+]1ccc(C)cc1)c1c(c-2c2ccccc2c1-8)[B-]34[n+]1ccc(C)cc1.Cc1ccncc1.Cc1ccncc1. The molecule has 0 fully saturated rings. The van der Waals surface area contributed by atoms with E-state index < -0.39 is 12.6 Å². The molecular weight excluding hydrogens is 1200 g/mol. The van der Waals surface area contributed by atoms with Crippen molar-refractivity contribution in [2.75, 3.05) is 26.4 Å². The molecule has 9 heterocycles. The van der Waals surface area contributed by atoms with Gasteiger partial charge in [-0.3, -0.25) is 9.97 Å². The molecule has 0 unspecified atom stereocenters. The maximum Gasteiger partial charge on any atom is 0.356 e. The van der Waals surface area contributed by atoms with Crippen molar-refractivity contribution in [2.45, 2.75) is 107 Å². The topological polar surface area (TPSA) is 70.5 Å². The van der Waals surface area contributed by atoms with Gasteiger partial charge in [0, 0.05) is 46.3 Å². The van der Waals surface area contributed by atoms with Crippen LogP contribution in [-0.4, -0.2) is 49.0 Å². The van der Waals surface area contributed by atoms with Gasteiger partial charge in [-0.25, -0.2) is 0 Å². The molecule has 0 radical (unpaired) electrons. The van der Waals surface area contributed by atoms with E-state index in [0.717, 1.165) is 95.9 Å². The number of pyridine rings is 4. The maximum absolute atomic E-state index is 7.10. The molecule has 0 amide bonds. The predicted octanol–water partition coefficient (Wildman–Crippen LogP) is 16.6. The van der Waals surface area contributed by atoms with Gasteiger partial charge in [-0.15, -0.1) is 32.8 Å². The van der Waals surface area contributed by atoms with Gasteiger partial charge in [-0.2, -0.15) is 0 Å². The minimum Gasteiger partial charge on any atom is -0.493 e. The lowest BCUT2D eigenvalue weighted by Gasteiger charge is -2.61. The first-order valence-electron chi connectivity index (χ1n) is 36.0. The van der Waals surface area contributed by atoms with Crippen molar-refractivity contribution in [3.8, 4) is 67.5 Å². The first kappa shape index (κ1) is 61.3. The summed E-state index contributed by atoms with van der Waals surface area (Å²) in [5, 5.41) is 14.8. The van der Waals surface area contributed by atoms with Crippen LogP contribution in [0.5, 0.6) is 23.0 Å². The Morgan fingerprint density at radius 3 is 0.786 bits per heavy atom. The van der Waals surface area contributed by atoms with Crippen LogP contribution >= 0.6 is 0 Å². The van der Waals surface area contributed by atoms with E-state index in [1.165, 1.54) is 143 Å². The zero-order valence-electron chi connectivity index (χ0n) is 57.7. The van der Waals surface area contributed by atoms with E-state index in [4.69, 9.17) is 18.9 Å². The standard InChI is InChI=1S/C76H68B2N2O4.2C6H7N/c1-7-11-39-81-59-27-23-51-63-47-19-15-16-20-48(47)65-53-25-29-61(83-41-13-9-3)57-44-58-62(84-42-14-10-4)30-26-54-66-50-22-18-17-21-49(50)64-52-24-28-60(82-40-12-8-2)56-43-55(59)67(51)71(68(52)56)77(79-35-31-45(5)32-36-79)73(63)75(65)78(76(66)74(64)77,72(69(53)57)70(54)58)80-37-33-46(6)34-38-80;2*1-6-2-4-7-5-3-6/h15-38,43-44H,7-14,39-42H2,1-6H3;2*2-5H,1H3. The highest BCUT2D eigenvalue weighted by molar-refractivity contribution is 7.25. The molecule has 0 N–H and O–H groups in total. The molecular formula is C88H82B2N4O4. The Bertz CT molecular complexity index is 4970. The number of unbranched alkanes of at least 4 members (excludes halogenated alkanes) is 4. The molecule has 10 aromatic carbocycles. The molecule has 0 aliphatic carbocycles. The highest BCUT2D eigenvalue weighted by Gasteiger charge is 2.65. The van der Waals surface area contributed by atoms with Crippen LogP contribution < -0.4 is 60.7 Å². The van der Waals surface area contributed by atoms with Gasteiger partial charge >= 0.3 is 12.6 Å². The second-order valence-electron chi connectivity index (χ2n) is 28.1. The van der Waals surface area contributed by atoms with Crippen molar-refractivity contribution in [2.24, 2.45) is 0 Å². The van der Waals surface area contributed by atoms with E-state index in [9.17, 15) is 0 Å². The molecule has 0 spiro atoms. The number of fused-ring (bicyclic) bond motifs is 10. The quantitative estimate of drug-likeness (QED) is 0.0484. The predicted molar refractivity (Wildman–Crippen MR) is 409 cm³/mol. The molecule has 8 nitrogen and oxygen atoms in total. The molecule has 0 bridgehead atoms. The summed E-state index contributed by atoms with van der Waals surface area (Å²) >= 11 is 0. The monoisotopic (exact) mass is 1280 g/mol. The fourth-order valence-electron chi connectivity index (χ4n) is 18.2. The van der Waals surface area contributed by atoms with E-state index in [0.29, 0.717) is 26.4 Å². The van der Waals surface area contributed by atoms with E-state index in [1.54, 1.807) is 24.8 Å². The Kier molecular flexibility index (Phi) is 15.2. The zero-order valence-corrected chi connectivity index (χ0v) is 57.7. The number of aromatic nitrogens is 4. The molecule has 4 aromatic heterocycles. The van der Waals surface area contributed by atoms with Crippen LogP contribution in [0, 0.1) is 27.7 Å². The third-order valence-electron chi connectivity index (χ3n) is 22.3. The van der Waals surface area contributed by atoms with Gasteiger partial charge in [0.1, 0.15) is 47.8 Å². The van der Waals surface area contributed by atoms with Crippen LogP contribution in [-0.2, 0) is 0 Å². The fourth-order valence-corrected chi connectivity index (χ4v) is 18.2. The van der Waals surface area contributed by atoms with Gasteiger partial charge in [0.2, 0.25) is 0 Å². The average molecular weight is 1280 g/mol. The number of ether oxygens (including phenoxy) is 4. The Morgan fingerprint density at radius 1 is 0.296 bits per heavy atom. The molecule has 98 heavy (non-hydrogen) atoms. The molecule has 10 heteroatoms. The number of aryl methyl sites for hydroxylation is 4. The molecule has 0 atom stereocenters. The van der Waals surface area contributed by atoms with Crippen LogP contribution in [0.3, 0.4) is 0 Å². The molecule has 484 valence electrons. The number of benzene rings is 10. The van der Waals surface area contributed by atoms with Gasteiger partial charge in [0.25, 0.3) is 0 Å². The van der Waals surface area contributed by atoms with Crippen LogP contribution in [0.15, 0.2) is 207 Å². The van der Waals surface area contributed by atoms with E-state index in [-0.39, 0.29) is 0 Å². The normalized spacial score (nSPS) is 15.5. The van der Waals surface area contributed by atoms with Crippen molar-refractivity contribution < 1.29 is 27.9 Å². The first-order chi connectivity index (χ1) is 48.2. The van der Waals surface area contributed by atoms with Gasteiger partial charge in [-0.05, 0) is 248 Å². The minimum atomic E-state index is -2.19. The Labute approximate surface area is 574 Å². The van der Waals surface area contributed by atoms with Crippen LogP contribution in [0.1, 0.15) is 101 Å². The Hall–Kier alpha value is -10.3. The van der Waals surface area contributed by atoms with Crippen LogP contribution in [0.4, 0.5) is 0 Å². The van der Waals surface area contributed by atoms with Crippen molar-refractivity contribution in [3.63, 3.8) is 0 Å². The number of hydrogen-bond acceptors (Lipinski definition) is 6. The summed E-state index contributed by atoms with van der Waals surface area (Å²) in [7, 11) is 0. The third kappa shape index (κ3) is 8.84. The summed E-state index contributed by atoms with van der Waals surface area (Å²) in [5.41, 5.74) is 23.7. The molecule has 14 aromatic rings. The van der Waals surface area contributed by atoms with Crippen molar-refractivity contribution >= 4 is 110 Å². The molecule has 5 aliphatic rings. The van der Waals surface area contributed by atoms with Crippen LogP contribution in [0.25, 0.3) is 109 Å². The summed E-state index contributed by atoms with van der Waals surface area (Å²) < 4.78 is 33.8. The van der Waals surface area contributed by atoms with Gasteiger partial charge in [0.15, 0.2) is 0 Å². The Morgan fingerprint density at radius 2 is 0.551 bits per heavy atom. The second kappa shape index (κ2) is 24.3. The van der Waals surface area contributed by atoms with Crippen LogP contribution in [0.2, 0.25) is 0 Å². The first-order valence-corrected chi connectivity index (χ1v) is 36.0. The summed E-state index contributed by atoms with van der Waals surface area (Å²) in [6.07, 6.45) is 20.7. The molecule has 0 saturated heterocycles. The third-order valence-corrected chi connectivity index (χ3v) is 22.3. The average Bonchev–Trinajstić information content (AvgIpc) is 0.616. The van der Waals surface area contributed by atoms with Gasteiger partial charge in [-0.1, -0.05) is 126 Å². The highest BCUT2D eigenvalue weighted by Crippen LogP contribution is 2.56. The van der Waals surface area contributed by atoms with Crippen molar-refractivity contribution in [3.05, 3.63) is 230 Å². The number of hydrogen-bond donors (Lipinski definition) is 0. The lowest BCUT2D eigenvalue weighted by Crippen LogP contribution is -3.02. The van der Waals surface area contributed by atoms with E-state index in [1.807, 2.05) is 38.1 Å². The van der Waals surface area contributed by atoms with E-state index in [2.05, 4.69) is 219 Å². The lowest BCUT2D eigenvalue weighted by molar-refractivity contribution is -0.542. The number of rotatable bonds is 18. The zero-order chi connectivity index (χ0) is 66.6. The number of nitrogens with zero attached hydrogens (tertiary/aromatic N) is 4. The fraction of sp³-hybridized carbons (Fsp3) is 0.227. The summed E-state index contributed by atoms with van der Waals surface area (Å²) in [6.45, 7) is 20.1. The molecule has 5 aliphatic heterocycles. The molecule has 19 rings (SSSR count). The largest absolute Gasteiger partial charge is 0.493 e. The summed E-state index contributed by atoms with van der Waals surface area (Å²) in [6, 6.07) is 60.1. The van der Waals surface area contributed by atoms with Gasteiger partial charge in [0.05, 0.1) is 26.4 Å². The van der Waals surface area contributed by atoms with E-state index >= 15 is 0 Å².